The van der Waals surface area contributed by atoms with Crippen LogP contribution in [0.2, 0.25) is 0 Å². The topological polar surface area (TPSA) is 104 Å². The van der Waals surface area contributed by atoms with Gasteiger partial charge < -0.3 is 10.2 Å². The molecule has 1 aliphatic heterocycles. The number of benzene rings is 1. The molecule has 1 aromatic rings. The first-order valence-electron chi connectivity index (χ1n) is 7.72. The molecule has 0 radical (unpaired) electrons. The summed E-state index contributed by atoms with van der Waals surface area (Å²) in [4.78, 5) is 14.1. The van der Waals surface area contributed by atoms with Gasteiger partial charge in [0.15, 0.2) is 9.84 Å². The molecule has 140 valence electrons. The third-order valence-electron chi connectivity index (χ3n) is 4.01. The Kier molecular flexibility index (Phi) is 5.75. The lowest BCUT2D eigenvalue weighted by Crippen LogP contribution is -2.44. The van der Waals surface area contributed by atoms with E-state index in [1.807, 2.05) is 31.1 Å². The third kappa shape index (κ3) is 5.41. The van der Waals surface area contributed by atoms with Crippen molar-refractivity contribution >= 4 is 37.1 Å². The third-order valence-corrected chi connectivity index (χ3v) is 7.04. The summed E-state index contributed by atoms with van der Waals surface area (Å²) in [6, 6.07) is 6.40. The summed E-state index contributed by atoms with van der Waals surface area (Å²) in [5.41, 5.74) is 1.51. The van der Waals surface area contributed by atoms with Crippen molar-refractivity contribution in [1.29, 1.82) is 0 Å². The average Bonchev–Trinajstić information content (AvgIpc) is 2.84. The Morgan fingerprint density at radius 3 is 2.28 bits per heavy atom. The zero-order chi connectivity index (χ0) is 18.8. The van der Waals surface area contributed by atoms with Gasteiger partial charge in [-0.1, -0.05) is 0 Å². The van der Waals surface area contributed by atoms with E-state index in [9.17, 15) is 21.6 Å². The van der Waals surface area contributed by atoms with Crippen LogP contribution in [-0.4, -0.2) is 71.5 Å². The Morgan fingerprint density at radius 2 is 1.84 bits per heavy atom. The molecular weight excluding hydrogens is 366 g/mol. The first-order valence-corrected chi connectivity index (χ1v) is 11.4. The molecule has 1 heterocycles. The van der Waals surface area contributed by atoms with E-state index in [-0.39, 0.29) is 17.9 Å². The molecule has 1 amide bonds. The number of nitrogens with zero attached hydrogens (tertiary/aromatic N) is 2. The van der Waals surface area contributed by atoms with Gasteiger partial charge in [-0.3, -0.25) is 4.79 Å². The van der Waals surface area contributed by atoms with Crippen LogP contribution in [-0.2, 0) is 24.7 Å². The summed E-state index contributed by atoms with van der Waals surface area (Å²) in [5.74, 6) is -0.810. The van der Waals surface area contributed by atoms with E-state index in [1.165, 1.54) is 0 Å². The molecule has 0 saturated carbocycles. The van der Waals surface area contributed by atoms with Crippen LogP contribution in [0.4, 0.5) is 11.4 Å². The van der Waals surface area contributed by atoms with E-state index in [0.717, 1.165) is 16.2 Å². The Balaban J connectivity index is 2.07. The fourth-order valence-electron chi connectivity index (χ4n) is 2.70. The summed E-state index contributed by atoms with van der Waals surface area (Å²) in [7, 11) is -3.16. The van der Waals surface area contributed by atoms with Crippen LogP contribution >= 0.6 is 0 Å². The molecular formula is C15H23N3O5S2. The first-order chi connectivity index (χ1) is 11.5. The van der Waals surface area contributed by atoms with Crippen molar-refractivity contribution in [3.63, 3.8) is 0 Å². The molecule has 10 heteroatoms. The number of rotatable bonds is 6. The average molecular weight is 389 g/mol. The van der Waals surface area contributed by atoms with Gasteiger partial charge >= 0.3 is 0 Å². The fourth-order valence-corrected chi connectivity index (χ4v) is 5.60. The number of carbonyl (C=O) groups is 1. The van der Waals surface area contributed by atoms with Crippen LogP contribution in [0.5, 0.6) is 0 Å². The van der Waals surface area contributed by atoms with Gasteiger partial charge in [-0.25, -0.2) is 16.8 Å². The summed E-state index contributed by atoms with van der Waals surface area (Å²) >= 11 is 0. The van der Waals surface area contributed by atoms with Gasteiger partial charge in [-0.15, -0.1) is 0 Å². The lowest BCUT2D eigenvalue weighted by atomic mass is 10.2. The van der Waals surface area contributed by atoms with E-state index >= 15 is 0 Å². The number of nitrogens with one attached hydrogen (secondary N) is 1. The van der Waals surface area contributed by atoms with Crippen molar-refractivity contribution in [3.05, 3.63) is 24.3 Å². The number of amides is 1. The lowest BCUT2D eigenvalue weighted by molar-refractivity contribution is -0.116. The molecule has 1 fully saturated rings. The molecule has 1 aliphatic rings. The Morgan fingerprint density at radius 1 is 1.24 bits per heavy atom. The van der Waals surface area contributed by atoms with Crippen molar-refractivity contribution in [2.75, 3.05) is 48.6 Å². The predicted molar refractivity (Wildman–Crippen MR) is 98.0 cm³/mol. The summed E-state index contributed by atoms with van der Waals surface area (Å²) in [6.07, 6.45) is 1.19. The second kappa shape index (κ2) is 7.30. The van der Waals surface area contributed by atoms with Crippen LogP contribution in [0.1, 0.15) is 6.42 Å². The van der Waals surface area contributed by atoms with Gasteiger partial charge in [0.25, 0.3) is 0 Å². The number of carbonyl (C=O) groups excluding carboxylic acids is 1. The molecule has 0 bridgehead atoms. The van der Waals surface area contributed by atoms with Crippen LogP contribution in [0.25, 0.3) is 0 Å². The number of sulfone groups is 1. The van der Waals surface area contributed by atoms with E-state index in [2.05, 4.69) is 5.32 Å². The molecule has 0 aliphatic carbocycles. The summed E-state index contributed by atoms with van der Waals surface area (Å²) in [5, 5.41) is 2.64. The van der Waals surface area contributed by atoms with Gasteiger partial charge in [0.2, 0.25) is 15.9 Å². The van der Waals surface area contributed by atoms with Crippen LogP contribution in [0.15, 0.2) is 24.3 Å². The minimum Gasteiger partial charge on any atom is -0.378 e. The highest BCUT2D eigenvalue weighted by atomic mass is 32.2. The number of hydrogen-bond donors (Lipinski definition) is 1. The van der Waals surface area contributed by atoms with Gasteiger partial charge in [0, 0.05) is 31.5 Å². The molecule has 1 N–H and O–H groups in total. The van der Waals surface area contributed by atoms with Gasteiger partial charge in [0.05, 0.1) is 24.3 Å². The maximum absolute atomic E-state index is 12.2. The highest BCUT2D eigenvalue weighted by Crippen LogP contribution is 2.20. The highest BCUT2D eigenvalue weighted by Gasteiger charge is 2.37. The Labute approximate surface area is 148 Å². The maximum Gasteiger partial charge on any atom is 0.239 e. The zero-order valence-electron chi connectivity index (χ0n) is 14.5. The van der Waals surface area contributed by atoms with E-state index in [0.29, 0.717) is 5.69 Å². The molecule has 0 aromatic heterocycles. The summed E-state index contributed by atoms with van der Waals surface area (Å²) in [6.45, 7) is -0.408. The SMILES string of the molecule is CN(C)c1ccc(NC(=O)CN(C2CCS(=O)(=O)C2)S(C)(=O)=O)cc1. The first kappa shape index (κ1) is 19.7. The zero-order valence-corrected chi connectivity index (χ0v) is 16.1. The largest absolute Gasteiger partial charge is 0.378 e. The highest BCUT2D eigenvalue weighted by molar-refractivity contribution is 7.92. The smallest absolute Gasteiger partial charge is 0.239 e. The fraction of sp³-hybridized carbons (Fsp3) is 0.533. The summed E-state index contributed by atoms with van der Waals surface area (Å²) < 4.78 is 48.2. The van der Waals surface area contributed by atoms with Crippen LogP contribution in [0, 0.1) is 0 Å². The predicted octanol–water partition coefficient (Wildman–Crippen LogP) is 0.140. The van der Waals surface area contributed by atoms with Crippen molar-refractivity contribution in [3.8, 4) is 0 Å². The molecule has 0 spiro atoms. The van der Waals surface area contributed by atoms with Crippen molar-refractivity contribution < 1.29 is 21.6 Å². The Bertz CT molecular complexity index is 832. The van der Waals surface area contributed by atoms with Crippen LogP contribution in [0.3, 0.4) is 0 Å². The van der Waals surface area contributed by atoms with Crippen molar-refractivity contribution in [2.45, 2.75) is 12.5 Å². The number of anilines is 2. The monoisotopic (exact) mass is 389 g/mol. The van der Waals surface area contributed by atoms with E-state index in [1.54, 1.807) is 12.1 Å². The van der Waals surface area contributed by atoms with Gasteiger partial charge in [-0.05, 0) is 30.7 Å². The molecule has 1 aromatic carbocycles. The van der Waals surface area contributed by atoms with E-state index in [4.69, 9.17) is 0 Å². The molecule has 25 heavy (non-hydrogen) atoms. The van der Waals surface area contributed by atoms with Gasteiger partial charge in [-0.2, -0.15) is 4.31 Å². The molecule has 1 atom stereocenters. The molecule has 2 rings (SSSR count). The second-order valence-electron chi connectivity index (χ2n) is 6.35. The normalized spacial score (nSPS) is 19.8. The van der Waals surface area contributed by atoms with E-state index < -0.39 is 38.4 Å². The second-order valence-corrected chi connectivity index (χ2v) is 10.5. The lowest BCUT2D eigenvalue weighted by Gasteiger charge is -2.25. The van der Waals surface area contributed by atoms with Crippen molar-refractivity contribution in [1.82, 2.24) is 4.31 Å². The standard InChI is InChI=1S/C15H23N3O5S2/c1-17(2)13-6-4-12(5-7-13)16-15(19)10-18(24(3,20)21)14-8-9-25(22,23)11-14/h4-7,14H,8-11H2,1-3H3,(H,16,19). The Hall–Kier alpha value is -1.65. The quantitative estimate of drug-likeness (QED) is 0.742. The molecule has 1 unspecified atom stereocenters. The van der Waals surface area contributed by atoms with Crippen LogP contribution < -0.4 is 10.2 Å². The van der Waals surface area contributed by atoms with Gasteiger partial charge in [0.1, 0.15) is 0 Å². The minimum absolute atomic E-state index is 0.0582. The molecule has 8 nitrogen and oxygen atoms in total. The maximum atomic E-state index is 12.2. The number of sulfonamides is 1. The van der Waals surface area contributed by atoms with Crippen molar-refractivity contribution in [2.24, 2.45) is 0 Å². The minimum atomic E-state index is -3.70. The molecule has 1 saturated heterocycles. The number of hydrogen-bond acceptors (Lipinski definition) is 6.